The minimum atomic E-state index is -4.75. The number of hydrogen-bond donors (Lipinski definition) is 1. The Kier molecular flexibility index (Phi) is 20.3. The van der Waals surface area contributed by atoms with Crippen LogP contribution in [0.2, 0.25) is 0 Å². The predicted molar refractivity (Wildman–Crippen MR) is 219 cm³/mol. The molecular formula is C44H49F3N6O9. The van der Waals surface area contributed by atoms with Gasteiger partial charge in [-0.1, -0.05) is 42.5 Å². The van der Waals surface area contributed by atoms with Gasteiger partial charge in [0.25, 0.3) is 5.91 Å². The number of aromatic nitrogens is 5. The Morgan fingerprint density at radius 3 is 1.84 bits per heavy atom. The van der Waals surface area contributed by atoms with E-state index in [1.165, 1.54) is 24.7 Å². The quantitative estimate of drug-likeness (QED) is 0.0439. The fraction of sp³-hybridized carbons (Fsp3) is 0.386. The lowest BCUT2D eigenvalue weighted by Gasteiger charge is -2.09. The number of nitrogens with one attached hydrogen (secondary N) is 1. The molecule has 2 heterocycles. The summed E-state index contributed by atoms with van der Waals surface area (Å²) in [6.07, 6.45) is 0.952. The van der Waals surface area contributed by atoms with Gasteiger partial charge in [0.15, 0.2) is 11.6 Å². The number of Topliss-reactive ketones (excluding diaryl/α,β-unsaturated/α-hetero) is 1. The van der Waals surface area contributed by atoms with E-state index in [0.29, 0.717) is 139 Å². The van der Waals surface area contributed by atoms with Crippen LogP contribution in [0, 0.1) is 0 Å². The van der Waals surface area contributed by atoms with Gasteiger partial charge in [0, 0.05) is 60.1 Å². The van der Waals surface area contributed by atoms with Crippen molar-refractivity contribution < 1.29 is 55.9 Å². The minimum Gasteiger partial charge on any atom is -0.406 e. The lowest BCUT2D eigenvalue weighted by atomic mass is 10.0. The number of carbonyl (C=O) groups excluding carboxylic acids is 2. The molecule has 2 aromatic heterocycles. The van der Waals surface area contributed by atoms with Crippen LogP contribution in [0.25, 0.3) is 22.6 Å². The van der Waals surface area contributed by atoms with Gasteiger partial charge in [-0.05, 0) is 48.4 Å². The van der Waals surface area contributed by atoms with E-state index in [0.717, 1.165) is 11.1 Å². The molecule has 0 spiro atoms. The third kappa shape index (κ3) is 18.1. The molecule has 0 radical (unpaired) electrons. The number of alkyl halides is 3. The van der Waals surface area contributed by atoms with Crippen molar-refractivity contribution in [1.82, 2.24) is 30.5 Å². The van der Waals surface area contributed by atoms with Crippen molar-refractivity contribution >= 4 is 11.7 Å². The van der Waals surface area contributed by atoms with Gasteiger partial charge in [-0.15, -0.1) is 18.3 Å². The molecule has 15 nitrogen and oxygen atoms in total. The fourth-order valence-electron chi connectivity index (χ4n) is 5.72. The highest BCUT2D eigenvalue weighted by molar-refractivity contribution is 5.97. The van der Waals surface area contributed by atoms with Crippen LogP contribution in [-0.4, -0.2) is 129 Å². The summed E-state index contributed by atoms with van der Waals surface area (Å²) in [6.45, 7) is 5.28. The average Bonchev–Trinajstić information content (AvgIpc) is 3.28. The Morgan fingerprint density at radius 1 is 0.613 bits per heavy atom. The summed E-state index contributed by atoms with van der Waals surface area (Å²) in [7, 11) is 0. The molecule has 5 aromatic rings. The molecule has 0 bridgehead atoms. The maximum Gasteiger partial charge on any atom is 0.573 e. The summed E-state index contributed by atoms with van der Waals surface area (Å²) in [6, 6.07) is 21.6. The third-order valence-electron chi connectivity index (χ3n) is 8.70. The number of hydrogen-bond acceptors (Lipinski definition) is 14. The van der Waals surface area contributed by atoms with E-state index in [1.807, 2.05) is 12.1 Å². The molecule has 0 fully saturated rings. The van der Waals surface area contributed by atoms with E-state index in [-0.39, 0.29) is 17.4 Å². The van der Waals surface area contributed by atoms with Gasteiger partial charge < -0.3 is 38.5 Å². The van der Waals surface area contributed by atoms with Gasteiger partial charge in [-0.3, -0.25) is 9.59 Å². The van der Waals surface area contributed by atoms with Crippen molar-refractivity contribution in [3.8, 4) is 28.4 Å². The van der Waals surface area contributed by atoms with Gasteiger partial charge in [0.2, 0.25) is 0 Å². The standard InChI is InChI=1S/C44H49F3N6O9/c45-44(46,47)62-39-11-9-33(10-12-39)28-38-31-40(51-32-50-38)34-4-1-5-35(29-34)41(54)8-3-16-56-18-20-58-22-24-60-26-27-61-25-23-59-21-19-57-17-15-49-43(55)37-7-2-6-36(30-37)42-48-13-14-52-53-42/h1-2,4-7,9-14,29-32H,3,8,15-28H2,(H,49,55). The first-order valence-electron chi connectivity index (χ1n) is 20.0. The predicted octanol–water partition coefficient (Wildman–Crippen LogP) is 5.98. The highest BCUT2D eigenvalue weighted by atomic mass is 19.4. The van der Waals surface area contributed by atoms with Gasteiger partial charge in [-0.25, -0.2) is 15.0 Å². The molecule has 0 atom stereocenters. The molecule has 3 aromatic carbocycles. The van der Waals surface area contributed by atoms with E-state index < -0.39 is 6.36 Å². The van der Waals surface area contributed by atoms with Gasteiger partial charge in [-0.2, -0.15) is 5.10 Å². The van der Waals surface area contributed by atoms with Crippen LogP contribution in [0.15, 0.2) is 97.6 Å². The Hall–Kier alpha value is -5.76. The van der Waals surface area contributed by atoms with Crippen molar-refractivity contribution in [2.75, 3.05) is 85.8 Å². The second-order valence-corrected chi connectivity index (χ2v) is 13.3. The lowest BCUT2D eigenvalue weighted by Crippen LogP contribution is -2.27. The summed E-state index contributed by atoms with van der Waals surface area (Å²) in [5, 5.41) is 10.6. The monoisotopic (exact) mass is 862 g/mol. The van der Waals surface area contributed by atoms with Crippen molar-refractivity contribution in [2.45, 2.75) is 25.6 Å². The average molecular weight is 863 g/mol. The Morgan fingerprint density at radius 2 is 1.21 bits per heavy atom. The highest BCUT2D eigenvalue weighted by Crippen LogP contribution is 2.24. The second-order valence-electron chi connectivity index (χ2n) is 13.3. The number of rotatable bonds is 29. The van der Waals surface area contributed by atoms with Crippen molar-refractivity contribution in [3.63, 3.8) is 0 Å². The number of ether oxygens (including phenoxy) is 7. The summed E-state index contributed by atoms with van der Waals surface area (Å²) in [5.41, 5.74) is 4.56. The summed E-state index contributed by atoms with van der Waals surface area (Å²) >= 11 is 0. The molecule has 5 rings (SSSR count). The highest BCUT2D eigenvalue weighted by Gasteiger charge is 2.31. The van der Waals surface area contributed by atoms with E-state index in [1.54, 1.807) is 60.8 Å². The van der Waals surface area contributed by atoms with E-state index >= 15 is 0 Å². The van der Waals surface area contributed by atoms with Crippen LogP contribution < -0.4 is 10.1 Å². The normalized spacial score (nSPS) is 11.4. The van der Waals surface area contributed by atoms with Crippen molar-refractivity contribution in [3.05, 3.63) is 120 Å². The smallest absolute Gasteiger partial charge is 0.406 e. The van der Waals surface area contributed by atoms with Crippen LogP contribution in [0.3, 0.4) is 0 Å². The van der Waals surface area contributed by atoms with Gasteiger partial charge >= 0.3 is 6.36 Å². The largest absolute Gasteiger partial charge is 0.573 e. The molecule has 0 aliphatic carbocycles. The van der Waals surface area contributed by atoms with E-state index in [9.17, 15) is 22.8 Å². The first-order valence-corrected chi connectivity index (χ1v) is 20.0. The van der Waals surface area contributed by atoms with E-state index in [4.69, 9.17) is 28.4 Å². The van der Waals surface area contributed by atoms with Crippen molar-refractivity contribution in [2.24, 2.45) is 0 Å². The number of benzene rings is 3. The zero-order valence-electron chi connectivity index (χ0n) is 34.1. The number of ketones is 1. The topological polar surface area (TPSA) is 175 Å². The van der Waals surface area contributed by atoms with Gasteiger partial charge in [0.05, 0.1) is 84.6 Å². The number of amides is 1. The van der Waals surface area contributed by atoms with Crippen LogP contribution >= 0.6 is 0 Å². The van der Waals surface area contributed by atoms with Gasteiger partial charge in [0.1, 0.15) is 12.1 Å². The van der Waals surface area contributed by atoms with Crippen LogP contribution in [0.4, 0.5) is 13.2 Å². The third-order valence-corrected chi connectivity index (χ3v) is 8.70. The van der Waals surface area contributed by atoms with E-state index in [2.05, 4.69) is 35.2 Å². The Labute approximate surface area is 357 Å². The van der Waals surface area contributed by atoms with Crippen molar-refractivity contribution in [1.29, 1.82) is 0 Å². The molecule has 62 heavy (non-hydrogen) atoms. The van der Waals surface area contributed by atoms with Crippen LogP contribution in [0.1, 0.15) is 44.8 Å². The number of nitrogens with zero attached hydrogens (tertiary/aromatic N) is 5. The fourth-order valence-corrected chi connectivity index (χ4v) is 5.72. The molecule has 0 saturated heterocycles. The minimum absolute atomic E-state index is 0.0187. The first-order chi connectivity index (χ1) is 30.2. The molecule has 0 aliphatic rings. The van der Waals surface area contributed by atoms with Crippen LogP contribution in [0.5, 0.6) is 5.75 Å². The molecule has 0 aliphatic heterocycles. The molecule has 1 N–H and O–H groups in total. The second kappa shape index (κ2) is 26.5. The lowest BCUT2D eigenvalue weighted by molar-refractivity contribution is -0.274. The molecular weight excluding hydrogens is 814 g/mol. The molecule has 330 valence electrons. The zero-order chi connectivity index (χ0) is 43.7. The summed E-state index contributed by atoms with van der Waals surface area (Å²) in [5.74, 6) is -0.0782. The maximum absolute atomic E-state index is 12.9. The van der Waals surface area contributed by atoms with Crippen LogP contribution in [-0.2, 0) is 34.8 Å². The molecule has 18 heteroatoms. The molecule has 0 saturated carbocycles. The maximum atomic E-state index is 12.9. The Balaban J connectivity index is 0.798. The molecule has 0 unspecified atom stereocenters. The molecule has 1 amide bonds. The SMILES string of the molecule is O=C(CCCOCCOCCOCCOCCOCCOCCNC(=O)c1cccc(-c2nccnn2)c1)c1cccc(-c2cc(Cc3ccc(OC(F)(F)F)cc3)ncn2)c1. The Bertz CT molecular complexity index is 2080. The summed E-state index contributed by atoms with van der Waals surface area (Å²) < 4.78 is 74.5. The first kappa shape index (κ1) is 47.3. The zero-order valence-corrected chi connectivity index (χ0v) is 34.1. The number of halogens is 3. The number of carbonyl (C=O) groups is 2. The summed E-state index contributed by atoms with van der Waals surface area (Å²) in [4.78, 5) is 38.1.